The van der Waals surface area contributed by atoms with E-state index >= 15 is 0 Å². The molecule has 1 amide bonds. The summed E-state index contributed by atoms with van der Waals surface area (Å²) in [6, 6.07) is 16.7. The van der Waals surface area contributed by atoms with Gasteiger partial charge in [-0.3, -0.25) is 0 Å². The van der Waals surface area contributed by atoms with Gasteiger partial charge in [0, 0.05) is 5.56 Å². The number of rotatable bonds is 6. The van der Waals surface area contributed by atoms with Crippen LogP contribution < -0.4 is 10.1 Å². The molecule has 2 aromatic carbocycles. The molecule has 7 nitrogen and oxygen atoms in total. The second-order valence-corrected chi connectivity index (χ2v) is 5.16. The number of nitrogens with one attached hydrogen (secondary N) is 1. The van der Waals surface area contributed by atoms with Crippen molar-refractivity contribution in [3.05, 3.63) is 66.1 Å². The van der Waals surface area contributed by atoms with Crippen LogP contribution in [-0.4, -0.2) is 23.3 Å². The number of alkyl carbamates (subject to hydrolysis) is 1. The molecule has 1 N–H and O–H groups in total. The lowest BCUT2D eigenvalue weighted by atomic mass is 10.2. The van der Waals surface area contributed by atoms with E-state index in [1.165, 1.54) is 0 Å². The highest BCUT2D eigenvalue weighted by Gasteiger charge is 2.11. The zero-order chi connectivity index (χ0) is 17.5. The standard InChI is InChI=1S/C18H17N3O4/c1-23-15-9-5-8-14(10-15)17-20-16(25-21-17)11-19-18(22)24-12-13-6-3-2-4-7-13/h2-10H,11-12H2,1H3,(H,19,22). The van der Waals surface area contributed by atoms with Crippen LogP contribution in [0.25, 0.3) is 11.4 Å². The van der Waals surface area contributed by atoms with Crippen molar-refractivity contribution in [2.45, 2.75) is 13.2 Å². The molecule has 0 aliphatic rings. The third-order valence-electron chi connectivity index (χ3n) is 3.39. The predicted molar refractivity (Wildman–Crippen MR) is 89.8 cm³/mol. The van der Waals surface area contributed by atoms with Gasteiger partial charge >= 0.3 is 6.09 Å². The van der Waals surface area contributed by atoms with Gasteiger partial charge in [0.2, 0.25) is 11.7 Å². The molecule has 0 spiro atoms. The summed E-state index contributed by atoms with van der Waals surface area (Å²) in [5, 5.41) is 6.47. The number of carbonyl (C=O) groups excluding carboxylic acids is 1. The molecule has 1 heterocycles. The minimum atomic E-state index is -0.551. The highest BCUT2D eigenvalue weighted by molar-refractivity contribution is 5.67. The normalized spacial score (nSPS) is 10.3. The molecule has 0 bridgehead atoms. The number of amides is 1. The Morgan fingerprint density at radius 3 is 2.80 bits per heavy atom. The van der Waals surface area contributed by atoms with Gasteiger partial charge in [0.1, 0.15) is 18.9 Å². The largest absolute Gasteiger partial charge is 0.497 e. The Morgan fingerprint density at radius 1 is 1.16 bits per heavy atom. The molecule has 0 aliphatic heterocycles. The Kier molecular flexibility index (Phi) is 5.26. The monoisotopic (exact) mass is 339 g/mol. The van der Waals surface area contributed by atoms with Crippen molar-refractivity contribution in [3.8, 4) is 17.1 Å². The molecule has 128 valence electrons. The van der Waals surface area contributed by atoms with Crippen LogP contribution in [-0.2, 0) is 17.9 Å². The number of carbonyl (C=O) groups is 1. The van der Waals surface area contributed by atoms with Gasteiger partial charge in [-0.2, -0.15) is 4.98 Å². The summed E-state index contributed by atoms with van der Waals surface area (Å²) in [6.45, 7) is 0.288. The summed E-state index contributed by atoms with van der Waals surface area (Å²) in [4.78, 5) is 16.0. The van der Waals surface area contributed by atoms with Crippen LogP contribution in [0.3, 0.4) is 0 Å². The molecule has 0 saturated carbocycles. The van der Waals surface area contributed by atoms with Crippen molar-refractivity contribution < 1.29 is 18.8 Å². The van der Waals surface area contributed by atoms with Crippen LogP contribution in [0.5, 0.6) is 5.75 Å². The first kappa shape index (κ1) is 16.5. The Balaban J connectivity index is 1.52. The van der Waals surface area contributed by atoms with Crippen molar-refractivity contribution in [1.29, 1.82) is 0 Å². The Bertz CT molecular complexity index is 833. The number of nitrogens with zero attached hydrogens (tertiary/aromatic N) is 2. The number of hydrogen-bond donors (Lipinski definition) is 1. The van der Waals surface area contributed by atoms with E-state index in [1.807, 2.05) is 48.5 Å². The zero-order valence-electron chi connectivity index (χ0n) is 13.6. The molecule has 3 aromatic rings. The average molecular weight is 339 g/mol. The minimum Gasteiger partial charge on any atom is -0.497 e. The van der Waals surface area contributed by atoms with E-state index in [4.69, 9.17) is 14.0 Å². The molecular formula is C18H17N3O4. The first-order valence-corrected chi connectivity index (χ1v) is 7.66. The fourth-order valence-electron chi connectivity index (χ4n) is 2.13. The van der Waals surface area contributed by atoms with Crippen LogP contribution in [0.1, 0.15) is 11.5 Å². The van der Waals surface area contributed by atoms with Gasteiger partial charge in [-0.1, -0.05) is 47.6 Å². The van der Waals surface area contributed by atoms with Crippen LogP contribution in [0.4, 0.5) is 4.79 Å². The molecule has 0 radical (unpaired) electrons. The van der Waals surface area contributed by atoms with Crippen LogP contribution in [0, 0.1) is 0 Å². The number of benzene rings is 2. The molecule has 0 saturated heterocycles. The van der Waals surface area contributed by atoms with E-state index in [2.05, 4.69) is 15.5 Å². The number of methoxy groups -OCH3 is 1. The number of hydrogen-bond acceptors (Lipinski definition) is 6. The molecule has 0 fully saturated rings. The lowest BCUT2D eigenvalue weighted by Crippen LogP contribution is -2.23. The van der Waals surface area contributed by atoms with Crippen molar-refractivity contribution in [2.75, 3.05) is 7.11 Å². The van der Waals surface area contributed by atoms with Crippen LogP contribution in [0.15, 0.2) is 59.1 Å². The van der Waals surface area contributed by atoms with Crippen LogP contribution >= 0.6 is 0 Å². The predicted octanol–water partition coefficient (Wildman–Crippen LogP) is 3.17. The number of aromatic nitrogens is 2. The first-order chi connectivity index (χ1) is 12.2. The zero-order valence-corrected chi connectivity index (χ0v) is 13.6. The first-order valence-electron chi connectivity index (χ1n) is 7.66. The Labute approximate surface area is 144 Å². The minimum absolute atomic E-state index is 0.0879. The Hall–Kier alpha value is -3.35. The summed E-state index contributed by atoms with van der Waals surface area (Å²) >= 11 is 0. The van der Waals surface area contributed by atoms with Gasteiger partial charge in [-0.25, -0.2) is 4.79 Å². The summed E-state index contributed by atoms with van der Waals surface area (Å²) in [6.07, 6.45) is -0.551. The maximum atomic E-state index is 11.7. The quantitative estimate of drug-likeness (QED) is 0.742. The highest BCUT2D eigenvalue weighted by atomic mass is 16.5. The molecule has 3 rings (SSSR count). The fraction of sp³-hybridized carbons (Fsp3) is 0.167. The van der Waals surface area contributed by atoms with E-state index < -0.39 is 6.09 Å². The maximum absolute atomic E-state index is 11.7. The summed E-state index contributed by atoms with van der Waals surface area (Å²) < 4.78 is 15.4. The van der Waals surface area contributed by atoms with Gasteiger partial charge in [0.05, 0.1) is 7.11 Å². The Morgan fingerprint density at radius 2 is 2.00 bits per heavy atom. The molecule has 0 unspecified atom stereocenters. The van der Waals surface area contributed by atoms with E-state index in [9.17, 15) is 4.79 Å². The van der Waals surface area contributed by atoms with E-state index in [0.29, 0.717) is 11.6 Å². The van der Waals surface area contributed by atoms with Crippen molar-refractivity contribution >= 4 is 6.09 Å². The smallest absolute Gasteiger partial charge is 0.407 e. The van der Waals surface area contributed by atoms with Crippen molar-refractivity contribution in [3.63, 3.8) is 0 Å². The highest BCUT2D eigenvalue weighted by Crippen LogP contribution is 2.21. The van der Waals surface area contributed by atoms with Gasteiger partial charge < -0.3 is 19.3 Å². The lowest BCUT2D eigenvalue weighted by Gasteiger charge is -2.05. The second-order valence-electron chi connectivity index (χ2n) is 5.16. The summed E-state index contributed by atoms with van der Waals surface area (Å²) in [5.41, 5.74) is 1.68. The van der Waals surface area contributed by atoms with Gasteiger partial charge in [0.15, 0.2) is 0 Å². The summed E-state index contributed by atoms with van der Waals surface area (Å²) in [5.74, 6) is 1.41. The van der Waals surface area contributed by atoms with Crippen LogP contribution in [0.2, 0.25) is 0 Å². The molecule has 25 heavy (non-hydrogen) atoms. The maximum Gasteiger partial charge on any atom is 0.407 e. The van der Waals surface area contributed by atoms with Gasteiger partial charge in [-0.05, 0) is 17.7 Å². The SMILES string of the molecule is COc1cccc(-c2noc(CNC(=O)OCc3ccccc3)n2)c1. The molecule has 0 atom stereocenters. The second kappa shape index (κ2) is 7.96. The molecule has 0 aliphatic carbocycles. The van der Waals surface area contributed by atoms with Gasteiger partial charge in [-0.15, -0.1) is 0 Å². The lowest BCUT2D eigenvalue weighted by molar-refractivity contribution is 0.138. The molecule has 7 heteroatoms. The van der Waals surface area contributed by atoms with E-state index in [1.54, 1.807) is 13.2 Å². The van der Waals surface area contributed by atoms with Gasteiger partial charge in [0.25, 0.3) is 0 Å². The fourth-order valence-corrected chi connectivity index (χ4v) is 2.13. The van der Waals surface area contributed by atoms with E-state index in [0.717, 1.165) is 11.1 Å². The summed E-state index contributed by atoms with van der Waals surface area (Å²) in [7, 11) is 1.59. The molecular weight excluding hydrogens is 322 g/mol. The molecule has 1 aromatic heterocycles. The topological polar surface area (TPSA) is 86.5 Å². The third kappa shape index (κ3) is 4.57. The third-order valence-corrected chi connectivity index (χ3v) is 3.39. The van der Waals surface area contributed by atoms with Crippen molar-refractivity contribution in [1.82, 2.24) is 15.5 Å². The number of ether oxygens (including phenoxy) is 2. The van der Waals surface area contributed by atoms with Crippen molar-refractivity contribution in [2.24, 2.45) is 0 Å². The van der Waals surface area contributed by atoms with E-state index in [-0.39, 0.29) is 19.0 Å². The average Bonchev–Trinajstić information content (AvgIpc) is 3.15.